The molecule has 1 heterocycles. The molecule has 0 saturated carbocycles. The van der Waals surface area contributed by atoms with Crippen LogP contribution in [0.2, 0.25) is 0 Å². The highest BCUT2D eigenvalue weighted by Crippen LogP contribution is 2.34. The molecule has 4 atom stereocenters. The minimum Gasteiger partial charge on any atom is -0.377 e. The van der Waals surface area contributed by atoms with Crippen molar-refractivity contribution in [3.05, 3.63) is 72.3 Å². The van der Waals surface area contributed by atoms with Crippen LogP contribution in [0.1, 0.15) is 44.1 Å². The van der Waals surface area contributed by atoms with E-state index in [0.29, 0.717) is 11.8 Å². The van der Waals surface area contributed by atoms with Crippen molar-refractivity contribution < 1.29 is 32.4 Å². The second-order valence-electron chi connectivity index (χ2n) is 13.5. The number of sulfonamides is 1. The van der Waals surface area contributed by atoms with E-state index in [1.807, 2.05) is 31.1 Å². The smallest absolute Gasteiger partial charge is 0.244 e. The van der Waals surface area contributed by atoms with Gasteiger partial charge >= 0.3 is 0 Å². The van der Waals surface area contributed by atoms with Gasteiger partial charge in [0, 0.05) is 56.5 Å². The number of nitrogens with one attached hydrogen (secondary N) is 3. The van der Waals surface area contributed by atoms with Crippen LogP contribution >= 0.6 is 0 Å². The van der Waals surface area contributed by atoms with Crippen LogP contribution in [0.3, 0.4) is 0 Å². The van der Waals surface area contributed by atoms with Crippen LogP contribution < -0.4 is 43.8 Å². The number of fused-ring (bicyclic) bond motifs is 1. The number of anilines is 1. The van der Waals surface area contributed by atoms with E-state index in [-0.39, 0.29) is 62.5 Å². The fourth-order valence-corrected chi connectivity index (χ4v) is 8.37. The van der Waals surface area contributed by atoms with Gasteiger partial charge in [0.2, 0.25) is 39.6 Å². The van der Waals surface area contributed by atoms with Gasteiger partial charge in [-0.05, 0) is 49.8 Å². The standard InChI is InChI=1S/C37H50N10O7S/c1-46(2)29-15-6-13-25-24(29)12-7-17-31(25)55(53,54)47-21-9-16-30(47)36(52)44-27(18-19-32(38)48)35(51)43-26(14-8-20-42-37(40)41)34(50)45-28(33(39)49)22-23-10-4-3-5-11-23/h3-7,10-13,15,17,26-28,30H,8-9,14,16,18-22H2,1-2H3,(H2,38,48)(H2,39,49)(H,43,51)(H,44,52)(H,45,50)(H4,40,41,42). The molecule has 1 aliphatic heterocycles. The number of nitrogens with zero attached hydrogens (tertiary/aromatic N) is 3. The first kappa shape index (κ1) is 42.0. The van der Waals surface area contributed by atoms with E-state index in [2.05, 4.69) is 20.9 Å². The number of nitrogens with two attached hydrogens (primary N) is 4. The number of hydrogen-bond acceptors (Lipinski definition) is 9. The van der Waals surface area contributed by atoms with Gasteiger partial charge in [-0.1, -0.05) is 54.6 Å². The maximum Gasteiger partial charge on any atom is 0.244 e. The lowest BCUT2D eigenvalue weighted by Crippen LogP contribution is -2.58. The molecule has 11 N–H and O–H groups in total. The fourth-order valence-electron chi connectivity index (χ4n) is 6.51. The number of benzene rings is 3. The van der Waals surface area contributed by atoms with Crippen LogP contribution in [-0.4, -0.2) is 99.6 Å². The molecule has 5 amide bonds. The Kier molecular flexibility index (Phi) is 14.5. The lowest BCUT2D eigenvalue weighted by molar-refractivity contribution is -0.134. The molecule has 0 bridgehead atoms. The van der Waals surface area contributed by atoms with Crippen molar-refractivity contribution in [2.75, 3.05) is 32.1 Å². The van der Waals surface area contributed by atoms with E-state index in [0.717, 1.165) is 20.9 Å². The van der Waals surface area contributed by atoms with Crippen molar-refractivity contribution in [2.45, 2.75) is 74.0 Å². The summed E-state index contributed by atoms with van der Waals surface area (Å²) in [6, 6.07) is 14.2. The van der Waals surface area contributed by atoms with Gasteiger partial charge in [0.05, 0.1) is 4.90 Å². The Hall–Kier alpha value is -5.75. The summed E-state index contributed by atoms with van der Waals surface area (Å²) >= 11 is 0. The Morgan fingerprint density at radius 3 is 2.09 bits per heavy atom. The summed E-state index contributed by atoms with van der Waals surface area (Å²) in [7, 11) is -0.506. The van der Waals surface area contributed by atoms with Gasteiger partial charge in [0.1, 0.15) is 24.2 Å². The van der Waals surface area contributed by atoms with Crippen LogP contribution in [0.25, 0.3) is 10.8 Å². The minimum atomic E-state index is -4.21. The molecule has 0 aromatic heterocycles. The van der Waals surface area contributed by atoms with E-state index in [4.69, 9.17) is 22.9 Å². The quantitative estimate of drug-likeness (QED) is 0.0468. The maximum absolute atomic E-state index is 14.2. The van der Waals surface area contributed by atoms with Crippen LogP contribution in [0.5, 0.6) is 0 Å². The first-order valence-electron chi connectivity index (χ1n) is 17.9. The predicted octanol–water partition coefficient (Wildman–Crippen LogP) is -0.440. The Balaban J connectivity index is 1.56. The Morgan fingerprint density at radius 1 is 0.818 bits per heavy atom. The summed E-state index contributed by atoms with van der Waals surface area (Å²) < 4.78 is 29.5. The van der Waals surface area contributed by atoms with Gasteiger partial charge < -0.3 is 43.8 Å². The van der Waals surface area contributed by atoms with Crippen LogP contribution in [0.4, 0.5) is 5.69 Å². The molecule has 0 radical (unpaired) electrons. The molecule has 4 rings (SSSR count). The zero-order chi connectivity index (χ0) is 40.3. The molecule has 296 valence electrons. The highest BCUT2D eigenvalue weighted by Gasteiger charge is 2.41. The first-order chi connectivity index (χ1) is 26.1. The zero-order valence-electron chi connectivity index (χ0n) is 30.9. The molecule has 55 heavy (non-hydrogen) atoms. The summed E-state index contributed by atoms with van der Waals surface area (Å²) in [5.74, 6) is -4.05. The summed E-state index contributed by atoms with van der Waals surface area (Å²) in [4.78, 5) is 71.4. The predicted molar refractivity (Wildman–Crippen MR) is 209 cm³/mol. The van der Waals surface area contributed by atoms with E-state index in [1.165, 1.54) is 6.07 Å². The van der Waals surface area contributed by atoms with Gasteiger partial charge in [0.15, 0.2) is 5.96 Å². The van der Waals surface area contributed by atoms with E-state index in [1.54, 1.807) is 48.5 Å². The van der Waals surface area contributed by atoms with Gasteiger partial charge in [-0.25, -0.2) is 8.42 Å². The monoisotopic (exact) mass is 778 g/mol. The molecular formula is C37H50N10O7S. The Morgan fingerprint density at radius 2 is 1.45 bits per heavy atom. The SMILES string of the molecule is CN(C)c1cccc2c(S(=O)(=O)N3CCCC3C(=O)NC(CCC(N)=O)C(=O)NC(CCCN=C(N)N)C(=O)NC(Cc3ccccc3)C(N)=O)cccc12. The topological polar surface area (TPSA) is 278 Å². The number of aliphatic imine (C=N–C) groups is 1. The Bertz CT molecular complexity index is 2010. The normalized spacial score (nSPS) is 16.0. The first-order valence-corrected chi connectivity index (χ1v) is 19.3. The number of primary amides is 2. The highest BCUT2D eigenvalue weighted by molar-refractivity contribution is 7.89. The van der Waals surface area contributed by atoms with Crippen LogP contribution in [0, 0.1) is 0 Å². The lowest BCUT2D eigenvalue weighted by Gasteiger charge is -2.28. The van der Waals surface area contributed by atoms with Crippen molar-refractivity contribution >= 4 is 62.0 Å². The number of amides is 5. The molecule has 3 aromatic carbocycles. The third-order valence-corrected chi connectivity index (χ3v) is 11.2. The summed E-state index contributed by atoms with van der Waals surface area (Å²) in [6.45, 7) is 0.177. The molecule has 3 aromatic rings. The van der Waals surface area contributed by atoms with Gasteiger partial charge in [-0.3, -0.25) is 29.0 Å². The second-order valence-corrected chi connectivity index (χ2v) is 15.4. The van der Waals surface area contributed by atoms with E-state index >= 15 is 0 Å². The molecule has 17 nitrogen and oxygen atoms in total. The zero-order valence-corrected chi connectivity index (χ0v) is 31.8. The molecule has 1 saturated heterocycles. The third kappa shape index (κ3) is 11.1. The average molecular weight is 779 g/mol. The van der Waals surface area contributed by atoms with E-state index in [9.17, 15) is 32.4 Å². The molecular weight excluding hydrogens is 729 g/mol. The molecule has 1 aliphatic rings. The molecule has 4 unspecified atom stereocenters. The second kappa shape index (κ2) is 19.0. The number of hydrogen-bond donors (Lipinski definition) is 7. The molecule has 0 spiro atoms. The third-order valence-electron chi connectivity index (χ3n) is 9.27. The summed E-state index contributed by atoms with van der Waals surface area (Å²) in [6.07, 6.45) is 0.329. The van der Waals surface area contributed by atoms with Crippen LogP contribution in [-0.2, 0) is 40.4 Å². The Labute approximate surface area is 320 Å². The lowest BCUT2D eigenvalue weighted by atomic mass is 10.0. The van der Waals surface area contributed by atoms with Crippen molar-refractivity contribution in [3.63, 3.8) is 0 Å². The summed E-state index contributed by atoms with van der Waals surface area (Å²) in [5, 5.41) is 9.05. The van der Waals surface area contributed by atoms with Crippen molar-refractivity contribution in [2.24, 2.45) is 27.9 Å². The van der Waals surface area contributed by atoms with Gasteiger partial charge in [-0.2, -0.15) is 4.31 Å². The van der Waals surface area contributed by atoms with Gasteiger partial charge in [0.25, 0.3) is 0 Å². The van der Waals surface area contributed by atoms with Crippen LogP contribution in [0.15, 0.2) is 76.6 Å². The number of carbonyl (C=O) groups excluding carboxylic acids is 5. The van der Waals surface area contributed by atoms with Gasteiger partial charge in [-0.15, -0.1) is 0 Å². The number of carbonyl (C=O) groups is 5. The van der Waals surface area contributed by atoms with Crippen molar-refractivity contribution in [3.8, 4) is 0 Å². The molecule has 18 heteroatoms. The minimum absolute atomic E-state index is 0.0108. The average Bonchev–Trinajstić information content (AvgIpc) is 3.65. The maximum atomic E-state index is 14.2. The van der Waals surface area contributed by atoms with Crippen molar-refractivity contribution in [1.29, 1.82) is 0 Å². The summed E-state index contributed by atoms with van der Waals surface area (Å²) in [5.41, 5.74) is 23.4. The molecule has 0 aliphatic carbocycles. The largest absolute Gasteiger partial charge is 0.377 e. The number of rotatable bonds is 19. The van der Waals surface area contributed by atoms with Crippen molar-refractivity contribution in [1.82, 2.24) is 20.3 Å². The number of guanidine groups is 1. The molecule has 1 fully saturated rings. The highest BCUT2D eigenvalue weighted by atomic mass is 32.2. The van der Waals surface area contributed by atoms with E-state index < -0.39 is 63.7 Å². The fraction of sp³-hybridized carbons (Fsp3) is 0.405.